The van der Waals surface area contributed by atoms with Crippen molar-refractivity contribution in [2.45, 2.75) is 12.8 Å². The third-order valence-electron chi connectivity index (χ3n) is 4.10. The quantitative estimate of drug-likeness (QED) is 0.356. The molecule has 0 fully saturated rings. The van der Waals surface area contributed by atoms with E-state index in [0.29, 0.717) is 11.1 Å². The molecule has 0 aliphatic carbocycles. The number of rotatable bonds is 9. The Balaban J connectivity index is 2.20. The molecule has 10 nitrogen and oxygen atoms in total. The van der Waals surface area contributed by atoms with Gasteiger partial charge >= 0.3 is 11.9 Å². The summed E-state index contributed by atoms with van der Waals surface area (Å²) in [6.45, 7) is 0. The molecule has 0 bridgehead atoms. The van der Waals surface area contributed by atoms with Gasteiger partial charge in [0.05, 0.1) is 9.85 Å². The molecule has 0 atom stereocenters. The van der Waals surface area contributed by atoms with E-state index >= 15 is 0 Å². The molecule has 2 aromatic rings. The van der Waals surface area contributed by atoms with Gasteiger partial charge in [0.25, 0.3) is 11.4 Å². The van der Waals surface area contributed by atoms with Crippen LogP contribution in [-0.4, -0.2) is 32.0 Å². The molecule has 0 saturated heterocycles. The van der Waals surface area contributed by atoms with Crippen LogP contribution in [0.5, 0.6) is 0 Å². The first-order valence-corrected chi connectivity index (χ1v) is 8.54. The molecule has 2 aromatic carbocycles. The lowest BCUT2D eigenvalue weighted by atomic mass is 10.0. The zero-order valence-corrected chi connectivity index (χ0v) is 15.4. The minimum atomic E-state index is -1.24. The van der Waals surface area contributed by atoms with Crippen LogP contribution in [0, 0.1) is 20.2 Å². The van der Waals surface area contributed by atoms with Crippen molar-refractivity contribution < 1.29 is 29.6 Å². The van der Waals surface area contributed by atoms with Crippen LogP contribution in [0.25, 0.3) is 12.2 Å². The molecule has 0 spiro atoms. The van der Waals surface area contributed by atoms with Crippen LogP contribution < -0.4 is 0 Å². The molecular formula is C20H16N2O8. The zero-order chi connectivity index (χ0) is 22.3. The Bertz CT molecular complexity index is 952. The number of nitro groups is 2. The van der Waals surface area contributed by atoms with Crippen molar-refractivity contribution in [3.63, 3.8) is 0 Å². The number of carboxylic acids is 2. The molecule has 0 radical (unpaired) electrons. The van der Waals surface area contributed by atoms with E-state index in [4.69, 9.17) is 0 Å². The van der Waals surface area contributed by atoms with E-state index in [-0.39, 0.29) is 35.4 Å². The lowest BCUT2D eigenvalue weighted by Gasteiger charge is -2.05. The number of hydrogen-bond acceptors (Lipinski definition) is 6. The van der Waals surface area contributed by atoms with Crippen LogP contribution in [0.1, 0.15) is 24.0 Å². The molecule has 0 aliphatic heterocycles. The first-order chi connectivity index (χ1) is 14.2. The Labute approximate surface area is 169 Å². The molecule has 0 saturated carbocycles. The third kappa shape index (κ3) is 6.09. The van der Waals surface area contributed by atoms with Crippen molar-refractivity contribution in [2.24, 2.45) is 0 Å². The summed E-state index contributed by atoms with van der Waals surface area (Å²) in [4.78, 5) is 43.2. The summed E-state index contributed by atoms with van der Waals surface area (Å²) in [6, 6.07) is 10.5. The molecule has 30 heavy (non-hydrogen) atoms. The van der Waals surface area contributed by atoms with Gasteiger partial charge in [0, 0.05) is 35.4 Å². The van der Waals surface area contributed by atoms with E-state index in [1.54, 1.807) is 0 Å². The number of nitro benzene ring substituents is 2. The van der Waals surface area contributed by atoms with Gasteiger partial charge in [-0.25, -0.2) is 9.59 Å². The monoisotopic (exact) mass is 412 g/mol. The van der Waals surface area contributed by atoms with E-state index in [1.807, 2.05) is 0 Å². The van der Waals surface area contributed by atoms with E-state index in [9.17, 15) is 40.0 Å². The first kappa shape index (κ1) is 22.0. The second kappa shape index (κ2) is 9.73. The molecule has 0 amide bonds. The SMILES string of the molecule is O=C(O)C(=Cc1ccc([N+](=O)[O-])cc1)CCC(=Cc1ccc([N+](=O)[O-])cc1)C(=O)O. The summed E-state index contributed by atoms with van der Waals surface area (Å²) in [6.07, 6.45) is 2.43. The maximum Gasteiger partial charge on any atom is 0.331 e. The lowest BCUT2D eigenvalue weighted by Crippen LogP contribution is -2.05. The third-order valence-corrected chi connectivity index (χ3v) is 4.10. The minimum absolute atomic E-state index is 0.0697. The summed E-state index contributed by atoms with van der Waals surface area (Å²) < 4.78 is 0. The number of carboxylic acid groups (broad SMARTS) is 2. The first-order valence-electron chi connectivity index (χ1n) is 8.54. The molecule has 0 unspecified atom stereocenters. The van der Waals surface area contributed by atoms with Crippen molar-refractivity contribution in [1.82, 2.24) is 0 Å². The van der Waals surface area contributed by atoms with Gasteiger partial charge in [-0.2, -0.15) is 0 Å². The Morgan fingerprint density at radius 2 is 1.00 bits per heavy atom. The highest BCUT2D eigenvalue weighted by Crippen LogP contribution is 2.21. The van der Waals surface area contributed by atoms with Gasteiger partial charge in [-0.05, 0) is 60.4 Å². The van der Waals surface area contributed by atoms with Crippen molar-refractivity contribution in [2.75, 3.05) is 0 Å². The Morgan fingerprint density at radius 1 is 0.700 bits per heavy atom. The summed E-state index contributed by atoms with van der Waals surface area (Å²) in [5.41, 5.74) is 0.439. The summed E-state index contributed by atoms with van der Waals surface area (Å²) in [7, 11) is 0. The van der Waals surface area contributed by atoms with Crippen LogP contribution in [0.4, 0.5) is 11.4 Å². The maximum atomic E-state index is 11.5. The highest BCUT2D eigenvalue weighted by Gasteiger charge is 2.14. The van der Waals surface area contributed by atoms with Crippen LogP contribution in [0.2, 0.25) is 0 Å². The molecule has 0 heterocycles. The van der Waals surface area contributed by atoms with Crippen LogP contribution in [0.15, 0.2) is 59.7 Å². The summed E-state index contributed by atoms with van der Waals surface area (Å²) in [5, 5.41) is 40.2. The topological polar surface area (TPSA) is 161 Å². The van der Waals surface area contributed by atoms with Gasteiger partial charge in [-0.3, -0.25) is 20.2 Å². The van der Waals surface area contributed by atoms with E-state index < -0.39 is 21.8 Å². The number of hydrogen-bond donors (Lipinski definition) is 2. The molecule has 0 aromatic heterocycles. The molecule has 0 aliphatic rings. The predicted octanol–water partition coefficient (Wildman–Crippen LogP) is 3.92. The molecular weight excluding hydrogens is 396 g/mol. The number of nitrogens with zero attached hydrogens (tertiary/aromatic N) is 2. The number of benzene rings is 2. The highest BCUT2D eigenvalue weighted by molar-refractivity contribution is 5.94. The second-order valence-corrected chi connectivity index (χ2v) is 6.15. The largest absolute Gasteiger partial charge is 0.478 e. The van der Waals surface area contributed by atoms with Crippen molar-refractivity contribution in [3.8, 4) is 0 Å². The minimum Gasteiger partial charge on any atom is -0.478 e. The van der Waals surface area contributed by atoms with E-state index in [0.717, 1.165) is 0 Å². The Morgan fingerprint density at radius 3 is 1.23 bits per heavy atom. The fourth-order valence-corrected chi connectivity index (χ4v) is 2.54. The summed E-state index contributed by atoms with van der Waals surface area (Å²) in [5.74, 6) is -2.48. The number of aliphatic carboxylic acids is 2. The highest BCUT2D eigenvalue weighted by atomic mass is 16.6. The zero-order valence-electron chi connectivity index (χ0n) is 15.4. The van der Waals surface area contributed by atoms with Crippen LogP contribution >= 0.6 is 0 Å². The van der Waals surface area contributed by atoms with Gasteiger partial charge < -0.3 is 10.2 Å². The molecule has 2 rings (SSSR count). The number of non-ortho nitro benzene ring substituents is 2. The van der Waals surface area contributed by atoms with Crippen LogP contribution in [-0.2, 0) is 9.59 Å². The van der Waals surface area contributed by atoms with E-state index in [1.165, 1.54) is 60.7 Å². The number of carbonyl (C=O) groups is 2. The van der Waals surface area contributed by atoms with Gasteiger partial charge in [0.1, 0.15) is 0 Å². The van der Waals surface area contributed by atoms with Crippen LogP contribution in [0.3, 0.4) is 0 Å². The van der Waals surface area contributed by atoms with Gasteiger partial charge in [0.15, 0.2) is 0 Å². The van der Waals surface area contributed by atoms with E-state index in [2.05, 4.69) is 0 Å². The van der Waals surface area contributed by atoms with Crippen molar-refractivity contribution in [3.05, 3.63) is 91.0 Å². The van der Waals surface area contributed by atoms with Crippen molar-refractivity contribution >= 4 is 35.5 Å². The maximum absolute atomic E-state index is 11.5. The average molecular weight is 412 g/mol. The fraction of sp³-hybridized carbons (Fsp3) is 0.100. The summed E-state index contributed by atoms with van der Waals surface area (Å²) >= 11 is 0. The standard InChI is InChI=1S/C20H16N2O8/c23-19(24)15(11-13-1-7-17(8-2-13)21(27)28)5-6-16(20(25)26)12-14-3-9-18(10-4-14)22(29)30/h1-4,7-12H,5-6H2,(H,23,24)(H,25,26). The Hall–Kier alpha value is -4.34. The molecule has 2 N–H and O–H groups in total. The normalized spacial score (nSPS) is 11.7. The molecule has 154 valence electrons. The molecule has 10 heteroatoms. The predicted molar refractivity (Wildman–Crippen MR) is 107 cm³/mol. The van der Waals surface area contributed by atoms with Gasteiger partial charge in [0.2, 0.25) is 0 Å². The Kier molecular flexibility index (Phi) is 7.12. The van der Waals surface area contributed by atoms with Gasteiger partial charge in [-0.15, -0.1) is 0 Å². The smallest absolute Gasteiger partial charge is 0.331 e. The second-order valence-electron chi connectivity index (χ2n) is 6.15. The van der Waals surface area contributed by atoms with Crippen molar-refractivity contribution in [1.29, 1.82) is 0 Å². The average Bonchev–Trinajstić information content (AvgIpc) is 2.70. The lowest BCUT2D eigenvalue weighted by molar-refractivity contribution is -0.385. The fourth-order valence-electron chi connectivity index (χ4n) is 2.54. The van der Waals surface area contributed by atoms with Gasteiger partial charge in [-0.1, -0.05) is 0 Å².